The van der Waals surface area contributed by atoms with Gasteiger partial charge in [-0.1, -0.05) is 78.3 Å². The maximum atomic E-state index is 14.4. The summed E-state index contributed by atoms with van der Waals surface area (Å²) in [4.78, 5) is 53.3. The first kappa shape index (κ1) is 25.8. The molecular weight excluding hydrogens is 556 g/mol. The van der Waals surface area contributed by atoms with E-state index in [-0.39, 0.29) is 28.1 Å². The average Bonchev–Trinajstić information content (AvgIpc) is 3.28. The Balaban J connectivity index is 1.38. The molecule has 4 aromatic rings. The van der Waals surface area contributed by atoms with Crippen LogP contribution in [0.3, 0.4) is 0 Å². The molecular formula is C32H21ClN4O5. The maximum Gasteiger partial charge on any atom is 0.271 e. The quantitative estimate of drug-likeness (QED) is 0.151. The molecule has 0 saturated carbocycles. The largest absolute Gasteiger partial charge is 0.274 e. The molecule has 0 radical (unpaired) electrons. The molecule has 2 atom stereocenters. The number of nitrogens with zero attached hydrogens (tertiary/aromatic N) is 3. The summed E-state index contributed by atoms with van der Waals surface area (Å²) in [6.07, 6.45) is 1.54. The van der Waals surface area contributed by atoms with Gasteiger partial charge in [0.25, 0.3) is 11.6 Å². The average molecular weight is 577 g/mol. The van der Waals surface area contributed by atoms with Crippen molar-refractivity contribution < 1.29 is 19.3 Å². The number of nitro benzene ring substituents is 1. The summed E-state index contributed by atoms with van der Waals surface area (Å²) < 4.78 is 0. The topological polar surface area (TPSA) is 122 Å². The lowest BCUT2D eigenvalue weighted by atomic mass is 9.47. The number of carbonyl (C=O) groups is 3. The molecule has 42 heavy (non-hydrogen) atoms. The Morgan fingerprint density at radius 3 is 2.21 bits per heavy atom. The van der Waals surface area contributed by atoms with Crippen LogP contribution < -0.4 is 10.3 Å². The highest BCUT2D eigenvalue weighted by Crippen LogP contribution is 2.63. The second-order valence-electron chi connectivity index (χ2n) is 10.5. The van der Waals surface area contributed by atoms with E-state index in [0.29, 0.717) is 5.69 Å². The van der Waals surface area contributed by atoms with Gasteiger partial charge < -0.3 is 0 Å². The Morgan fingerprint density at radius 1 is 0.905 bits per heavy atom. The van der Waals surface area contributed by atoms with Gasteiger partial charge in [-0.2, -0.15) is 5.10 Å². The maximum absolute atomic E-state index is 14.4. The Hall–Kier alpha value is -5.15. The number of rotatable bonds is 5. The number of amides is 3. The van der Waals surface area contributed by atoms with E-state index in [1.165, 1.54) is 29.3 Å². The van der Waals surface area contributed by atoms with Crippen molar-refractivity contribution >= 4 is 46.9 Å². The SMILES string of the molecule is O=C(N/N=C\C12c3ccccc3C(c3ccccc31)[C@H]1C(=O)N(c3ccccc3Cl)C(=O)[C@@H]12)c1cccc([N+](=O)[O-])c1. The molecule has 10 heteroatoms. The standard InChI is InChI=1S/C32H21ClN4O5/c33-24-14-5-6-15-25(24)36-30(39)27-26-20-10-1-3-12-22(20)32(28(27)31(36)40,23-13-4-2-11-21(23)26)17-34-35-29(38)18-8-7-9-19(16-18)37(41)42/h1-17,26-28H,(H,35,38)/b34-17-/t26?,27-,28-,32?/m1/s1. The van der Waals surface area contributed by atoms with Crippen molar-refractivity contribution in [3.05, 3.63) is 140 Å². The van der Waals surface area contributed by atoms with E-state index in [9.17, 15) is 24.5 Å². The third kappa shape index (κ3) is 3.50. The van der Waals surface area contributed by atoms with Gasteiger partial charge in [-0.15, -0.1) is 0 Å². The molecule has 0 spiro atoms. The number of nitro groups is 1. The van der Waals surface area contributed by atoms with Crippen LogP contribution >= 0.6 is 11.6 Å². The molecule has 0 aromatic heterocycles. The van der Waals surface area contributed by atoms with Gasteiger partial charge in [0.1, 0.15) is 0 Å². The molecule has 1 fully saturated rings. The van der Waals surface area contributed by atoms with Gasteiger partial charge in [-0.25, -0.2) is 10.3 Å². The highest BCUT2D eigenvalue weighted by atomic mass is 35.5. The van der Waals surface area contributed by atoms with Crippen LogP contribution in [-0.2, 0) is 15.0 Å². The number of hydrogen-bond acceptors (Lipinski definition) is 6. The predicted octanol–water partition coefficient (Wildman–Crippen LogP) is 5.21. The monoisotopic (exact) mass is 576 g/mol. The number of hydrogen-bond donors (Lipinski definition) is 1. The fourth-order valence-corrected chi connectivity index (χ4v) is 7.16. The van der Waals surface area contributed by atoms with Crippen LogP contribution in [0, 0.1) is 22.0 Å². The fourth-order valence-electron chi connectivity index (χ4n) is 6.94. The van der Waals surface area contributed by atoms with Crippen LogP contribution in [0.25, 0.3) is 0 Å². The van der Waals surface area contributed by atoms with Gasteiger partial charge >= 0.3 is 0 Å². The van der Waals surface area contributed by atoms with Gasteiger partial charge in [0, 0.05) is 29.8 Å². The highest BCUT2D eigenvalue weighted by molar-refractivity contribution is 6.36. The van der Waals surface area contributed by atoms with Crippen molar-refractivity contribution in [3.8, 4) is 0 Å². The van der Waals surface area contributed by atoms with E-state index in [0.717, 1.165) is 28.3 Å². The molecule has 3 aliphatic carbocycles. The molecule has 1 N–H and O–H groups in total. The molecule has 1 saturated heterocycles. The third-order valence-electron chi connectivity index (χ3n) is 8.53. The van der Waals surface area contributed by atoms with Crippen molar-refractivity contribution in [2.75, 3.05) is 4.90 Å². The first-order valence-corrected chi connectivity index (χ1v) is 13.6. The summed E-state index contributed by atoms with van der Waals surface area (Å²) in [6.45, 7) is 0. The van der Waals surface area contributed by atoms with Crippen molar-refractivity contribution in [2.45, 2.75) is 11.3 Å². The molecule has 8 rings (SSSR count). The molecule has 4 aliphatic rings. The Morgan fingerprint density at radius 2 is 1.55 bits per heavy atom. The number of benzene rings is 4. The molecule has 9 nitrogen and oxygen atoms in total. The van der Waals surface area contributed by atoms with Crippen LogP contribution in [0.15, 0.2) is 102 Å². The molecule has 2 bridgehead atoms. The van der Waals surface area contributed by atoms with Crippen LogP contribution in [0.4, 0.5) is 11.4 Å². The highest BCUT2D eigenvalue weighted by Gasteiger charge is 2.68. The second kappa shape index (κ2) is 9.46. The predicted molar refractivity (Wildman–Crippen MR) is 155 cm³/mol. The minimum atomic E-state index is -1.19. The normalized spacial score (nSPS) is 23.5. The van der Waals surface area contributed by atoms with Crippen LogP contribution in [0.2, 0.25) is 5.02 Å². The number of non-ortho nitro benzene ring substituents is 1. The second-order valence-corrected chi connectivity index (χ2v) is 10.9. The van der Waals surface area contributed by atoms with Crippen molar-refractivity contribution in [3.63, 3.8) is 0 Å². The van der Waals surface area contributed by atoms with Crippen molar-refractivity contribution in [2.24, 2.45) is 16.9 Å². The minimum absolute atomic E-state index is 0.0573. The number of nitrogens with one attached hydrogen (secondary N) is 1. The molecule has 0 unspecified atom stereocenters. The minimum Gasteiger partial charge on any atom is -0.274 e. The number of carbonyl (C=O) groups excluding carboxylic acids is 3. The molecule has 4 aromatic carbocycles. The Bertz CT molecular complexity index is 1820. The lowest BCUT2D eigenvalue weighted by Crippen LogP contribution is -2.54. The Labute approximate surface area is 244 Å². The van der Waals surface area contributed by atoms with Gasteiger partial charge in [0.15, 0.2) is 0 Å². The number of para-hydroxylation sites is 1. The summed E-state index contributed by atoms with van der Waals surface area (Å²) in [6, 6.07) is 27.4. The lowest BCUT2D eigenvalue weighted by Gasteiger charge is -2.52. The van der Waals surface area contributed by atoms with Crippen LogP contribution in [0.1, 0.15) is 38.5 Å². The first-order valence-electron chi connectivity index (χ1n) is 13.2. The number of halogens is 1. The first-order chi connectivity index (χ1) is 20.3. The molecule has 206 valence electrons. The summed E-state index contributed by atoms with van der Waals surface area (Å²) >= 11 is 6.48. The smallest absolute Gasteiger partial charge is 0.271 e. The number of anilines is 1. The number of hydrazone groups is 1. The number of imide groups is 1. The summed E-state index contributed by atoms with van der Waals surface area (Å²) in [5.74, 6) is -3.33. The van der Waals surface area contributed by atoms with E-state index in [2.05, 4.69) is 10.5 Å². The van der Waals surface area contributed by atoms with Crippen molar-refractivity contribution in [1.29, 1.82) is 0 Å². The summed E-state index contributed by atoms with van der Waals surface area (Å²) in [5.41, 5.74) is 4.92. The van der Waals surface area contributed by atoms with Gasteiger partial charge in [-0.05, 0) is 40.5 Å². The van der Waals surface area contributed by atoms with E-state index >= 15 is 0 Å². The zero-order chi connectivity index (χ0) is 29.2. The van der Waals surface area contributed by atoms with E-state index in [1.54, 1.807) is 24.3 Å². The van der Waals surface area contributed by atoms with E-state index in [4.69, 9.17) is 11.6 Å². The van der Waals surface area contributed by atoms with Gasteiger partial charge in [-0.3, -0.25) is 24.5 Å². The van der Waals surface area contributed by atoms with E-state index < -0.39 is 34.0 Å². The van der Waals surface area contributed by atoms with Crippen LogP contribution in [0.5, 0.6) is 0 Å². The molecule has 3 amide bonds. The fraction of sp³-hybridized carbons (Fsp3) is 0.125. The van der Waals surface area contributed by atoms with Gasteiger partial charge in [0.2, 0.25) is 11.8 Å². The third-order valence-corrected chi connectivity index (χ3v) is 8.85. The van der Waals surface area contributed by atoms with Crippen LogP contribution in [-0.4, -0.2) is 28.9 Å². The Kier molecular flexibility index (Phi) is 5.81. The molecule has 1 heterocycles. The van der Waals surface area contributed by atoms with E-state index in [1.807, 2.05) is 48.5 Å². The zero-order valence-corrected chi connectivity index (χ0v) is 22.6. The lowest BCUT2D eigenvalue weighted by molar-refractivity contribution is -0.384. The van der Waals surface area contributed by atoms with Crippen molar-refractivity contribution in [1.82, 2.24) is 5.43 Å². The van der Waals surface area contributed by atoms with Gasteiger partial charge in [0.05, 0.1) is 32.9 Å². The summed E-state index contributed by atoms with van der Waals surface area (Å²) in [5, 5.41) is 15.8. The zero-order valence-electron chi connectivity index (χ0n) is 21.8. The molecule has 1 aliphatic heterocycles. The summed E-state index contributed by atoms with van der Waals surface area (Å²) in [7, 11) is 0.